The van der Waals surface area contributed by atoms with Gasteiger partial charge in [0.1, 0.15) is 5.82 Å². The molecule has 0 aromatic carbocycles. The van der Waals surface area contributed by atoms with E-state index in [0.29, 0.717) is 18.3 Å². The molecule has 0 atom stereocenters. The summed E-state index contributed by atoms with van der Waals surface area (Å²) in [5, 5.41) is 12.9. The summed E-state index contributed by atoms with van der Waals surface area (Å²) < 4.78 is 0. The summed E-state index contributed by atoms with van der Waals surface area (Å²) in [4.78, 5) is 22.2. The van der Waals surface area contributed by atoms with Gasteiger partial charge >= 0.3 is 0 Å². The first-order chi connectivity index (χ1) is 8.49. The Hall–Kier alpha value is -2.18. The number of amides is 2. The molecule has 7 nitrogen and oxygen atoms in total. The van der Waals surface area contributed by atoms with Crippen LogP contribution in [0, 0.1) is 5.92 Å². The van der Waals surface area contributed by atoms with E-state index in [0.717, 1.165) is 0 Å². The number of carbonyl (C=O) groups excluding carboxylic acids is 2. The van der Waals surface area contributed by atoms with Gasteiger partial charge in [0, 0.05) is 6.54 Å². The topological polar surface area (TPSA) is 110 Å². The Kier molecular flexibility index (Phi) is 5.04. The molecule has 98 valence electrons. The van der Waals surface area contributed by atoms with Crippen LogP contribution in [0.3, 0.4) is 0 Å². The van der Waals surface area contributed by atoms with Gasteiger partial charge in [0.25, 0.3) is 5.91 Å². The number of hydrogen-bond donors (Lipinski definition) is 3. The SMILES string of the molecule is CC(C)CNC(=O)CNc1ccc(C(N)=O)nn1. The Bertz CT molecular complexity index is 416. The second kappa shape index (κ2) is 6.53. The monoisotopic (exact) mass is 251 g/mol. The second-order valence-corrected chi connectivity index (χ2v) is 4.22. The summed E-state index contributed by atoms with van der Waals surface area (Å²) in [6, 6.07) is 2.99. The zero-order valence-corrected chi connectivity index (χ0v) is 10.4. The highest BCUT2D eigenvalue weighted by molar-refractivity contribution is 5.90. The molecular weight excluding hydrogens is 234 g/mol. The highest BCUT2D eigenvalue weighted by Crippen LogP contribution is 2.00. The highest BCUT2D eigenvalue weighted by atomic mass is 16.2. The molecular formula is C11H17N5O2. The third-order valence-corrected chi connectivity index (χ3v) is 2.05. The third kappa shape index (κ3) is 4.77. The molecule has 0 aliphatic rings. The predicted octanol–water partition coefficient (Wildman–Crippen LogP) is -0.240. The number of anilines is 1. The zero-order chi connectivity index (χ0) is 13.5. The molecule has 18 heavy (non-hydrogen) atoms. The Labute approximate surface area is 105 Å². The van der Waals surface area contributed by atoms with Gasteiger partial charge in [-0.25, -0.2) is 0 Å². The van der Waals surface area contributed by atoms with Crippen molar-refractivity contribution in [2.45, 2.75) is 13.8 Å². The maximum absolute atomic E-state index is 11.4. The van der Waals surface area contributed by atoms with E-state index in [1.54, 1.807) is 6.07 Å². The van der Waals surface area contributed by atoms with Crippen LogP contribution < -0.4 is 16.4 Å². The Balaban J connectivity index is 2.39. The first kappa shape index (κ1) is 13.9. The number of rotatable bonds is 6. The van der Waals surface area contributed by atoms with Crippen LogP contribution in [0.5, 0.6) is 0 Å². The van der Waals surface area contributed by atoms with Crippen LogP contribution in [-0.4, -0.2) is 35.1 Å². The molecule has 0 spiro atoms. The Morgan fingerprint density at radius 3 is 2.56 bits per heavy atom. The van der Waals surface area contributed by atoms with E-state index in [-0.39, 0.29) is 18.1 Å². The maximum Gasteiger partial charge on any atom is 0.269 e. The summed E-state index contributed by atoms with van der Waals surface area (Å²) in [5.41, 5.74) is 5.12. The lowest BCUT2D eigenvalue weighted by atomic mass is 10.2. The molecule has 1 rings (SSSR count). The number of nitrogens with two attached hydrogens (primary N) is 1. The quantitative estimate of drug-likeness (QED) is 0.646. The van der Waals surface area contributed by atoms with Gasteiger partial charge in [0.2, 0.25) is 5.91 Å². The minimum atomic E-state index is -0.635. The average molecular weight is 251 g/mol. The molecule has 0 bridgehead atoms. The summed E-state index contributed by atoms with van der Waals surface area (Å²) in [6.45, 7) is 4.77. The summed E-state index contributed by atoms with van der Waals surface area (Å²) in [7, 11) is 0. The van der Waals surface area contributed by atoms with Gasteiger partial charge in [0.05, 0.1) is 6.54 Å². The van der Waals surface area contributed by atoms with Gasteiger partial charge < -0.3 is 16.4 Å². The lowest BCUT2D eigenvalue weighted by Gasteiger charge is -2.08. The minimum Gasteiger partial charge on any atom is -0.364 e. The van der Waals surface area contributed by atoms with Crippen molar-refractivity contribution in [3.8, 4) is 0 Å². The molecule has 1 aromatic rings. The molecule has 0 saturated carbocycles. The summed E-state index contributed by atoms with van der Waals surface area (Å²) >= 11 is 0. The molecule has 1 heterocycles. The van der Waals surface area contributed by atoms with Gasteiger partial charge in [-0.2, -0.15) is 0 Å². The van der Waals surface area contributed by atoms with Crippen LogP contribution in [0.2, 0.25) is 0 Å². The molecule has 0 radical (unpaired) electrons. The molecule has 0 aliphatic heterocycles. The summed E-state index contributed by atoms with van der Waals surface area (Å²) in [6.07, 6.45) is 0. The standard InChI is InChI=1S/C11H17N5O2/c1-7(2)5-14-10(17)6-13-9-4-3-8(11(12)18)15-16-9/h3-4,7H,5-6H2,1-2H3,(H2,12,18)(H,13,16)(H,14,17). The number of primary amides is 1. The fourth-order valence-electron chi connectivity index (χ4n) is 1.11. The van der Waals surface area contributed by atoms with Gasteiger partial charge in [-0.05, 0) is 18.1 Å². The van der Waals surface area contributed by atoms with E-state index in [1.807, 2.05) is 13.8 Å². The lowest BCUT2D eigenvalue weighted by Crippen LogP contribution is -2.32. The minimum absolute atomic E-state index is 0.0878. The van der Waals surface area contributed by atoms with Gasteiger partial charge in [-0.1, -0.05) is 13.8 Å². The molecule has 0 saturated heterocycles. The average Bonchev–Trinajstić information content (AvgIpc) is 2.34. The molecule has 0 fully saturated rings. The second-order valence-electron chi connectivity index (χ2n) is 4.22. The first-order valence-corrected chi connectivity index (χ1v) is 5.63. The molecule has 4 N–H and O–H groups in total. The number of carbonyl (C=O) groups is 2. The zero-order valence-electron chi connectivity index (χ0n) is 10.4. The Morgan fingerprint density at radius 1 is 1.33 bits per heavy atom. The third-order valence-electron chi connectivity index (χ3n) is 2.05. The molecule has 1 aromatic heterocycles. The van der Waals surface area contributed by atoms with E-state index >= 15 is 0 Å². The fourth-order valence-corrected chi connectivity index (χ4v) is 1.11. The molecule has 2 amide bonds. The van der Waals surface area contributed by atoms with Crippen LogP contribution >= 0.6 is 0 Å². The lowest BCUT2D eigenvalue weighted by molar-refractivity contribution is -0.119. The van der Waals surface area contributed by atoms with E-state index in [9.17, 15) is 9.59 Å². The van der Waals surface area contributed by atoms with E-state index < -0.39 is 5.91 Å². The van der Waals surface area contributed by atoms with Crippen LogP contribution in [0.15, 0.2) is 12.1 Å². The van der Waals surface area contributed by atoms with Crippen molar-refractivity contribution < 1.29 is 9.59 Å². The van der Waals surface area contributed by atoms with Gasteiger partial charge in [0.15, 0.2) is 5.69 Å². The smallest absolute Gasteiger partial charge is 0.269 e. The van der Waals surface area contributed by atoms with Crippen LogP contribution in [0.25, 0.3) is 0 Å². The maximum atomic E-state index is 11.4. The Morgan fingerprint density at radius 2 is 2.06 bits per heavy atom. The van der Waals surface area contributed by atoms with Crippen molar-refractivity contribution in [1.82, 2.24) is 15.5 Å². The van der Waals surface area contributed by atoms with E-state index in [2.05, 4.69) is 20.8 Å². The van der Waals surface area contributed by atoms with Crippen molar-refractivity contribution in [3.63, 3.8) is 0 Å². The van der Waals surface area contributed by atoms with E-state index in [4.69, 9.17) is 5.73 Å². The van der Waals surface area contributed by atoms with Crippen molar-refractivity contribution in [3.05, 3.63) is 17.8 Å². The van der Waals surface area contributed by atoms with Crippen LogP contribution in [0.4, 0.5) is 5.82 Å². The largest absolute Gasteiger partial charge is 0.364 e. The molecule has 7 heteroatoms. The van der Waals surface area contributed by atoms with Gasteiger partial charge in [-0.3, -0.25) is 9.59 Å². The van der Waals surface area contributed by atoms with Crippen molar-refractivity contribution in [2.75, 3.05) is 18.4 Å². The number of nitrogens with one attached hydrogen (secondary N) is 2. The van der Waals surface area contributed by atoms with Crippen molar-refractivity contribution >= 4 is 17.6 Å². The van der Waals surface area contributed by atoms with Crippen LogP contribution in [-0.2, 0) is 4.79 Å². The molecule has 0 aliphatic carbocycles. The van der Waals surface area contributed by atoms with Crippen molar-refractivity contribution in [1.29, 1.82) is 0 Å². The van der Waals surface area contributed by atoms with E-state index in [1.165, 1.54) is 6.07 Å². The van der Waals surface area contributed by atoms with Crippen molar-refractivity contribution in [2.24, 2.45) is 11.7 Å². The summed E-state index contributed by atoms with van der Waals surface area (Å²) in [5.74, 6) is 0.0662. The fraction of sp³-hybridized carbons (Fsp3) is 0.455. The number of nitrogens with zero attached hydrogens (tertiary/aromatic N) is 2. The van der Waals surface area contributed by atoms with Crippen LogP contribution in [0.1, 0.15) is 24.3 Å². The van der Waals surface area contributed by atoms with Gasteiger partial charge in [-0.15, -0.1) is 10.2 Å². The first-order valence-electron chi connectivity index (χ1n) is 5.63. The predicted molar refractivity (Wildman–Crippen MR) is 66.9 cm³/mol. The molecule has 0 unspecified atom stereocenters. The number of aromatic nitrogens is 2. The highest BCUT2D eigenvalue weighted by Gasteiger charge is 2.05. The normalized spacial score (nSPS) is 10.2. The number of hydrogen-bond acceptors (Lipinski definition) is 5.